The molecule has 2 aromatic heterocycles. The largest absolute Gasteiger partial charge is 0.454 e. The average molecular weight is 538 g/mol. The van der Waals surface area contributed by atoms with E-state index >= 15 is 0 Å². The molecule has 202 valence electrons. The lowest BCUT2D eigenvalue weighted by Gasteiger charge is -2.16. The molecule has 0 spiro atoms. The van der Waals surface area contributed by atoms with Crippen LogP contribution in [0.25, 0.3) is 0 Å². The van der Waals surface area contributed by atoms with Gasteiger partial charge in [0.1, 0.15) is 5.75 Å². The van der Waals surface area contributed by atoms with Gasteiger partial charge in [-0.15, -0.1) is 0 Å². The molecule has 2 aromatic carbocycles. The summed E-state index contributed by atoms with van der Waals surface area (Å²) in [5.74, 6) is 1.18. The van der Waals surface area contributed by atoms with Gasteiger partial charge in [0.05, 0.1) is 13.1 Å². The van der Waals surface area contributed by atoms with Crippen LogP contribution in [0, 0.1) is 13.8 Å². The maximum absolute atomic E-state index is 13.6. The molecule has 1 aliphatic heterocycles. The lowest BCUT2D eigenvalue weighted by atomic mass is 10.1. The molecule has 1 N–H and O–H groups in total. The zero-order valence-electron chi connectivity index (χ0n) is 21.2. The number of aryl methyl sites for hydroxylation is 2. The third kappa shape index (κ3) is 5.89. The predicted molar refractivity (Wildman–Crippen MR) is 138 cm³/mol. The molecule has 0 unspecified atom stereocenters. The zero-order chi connectivity index (χ0) is 27.5. The summed E-state index contributed by atoms with van der Waals surface area (Å²) in [5.41, 5.74) is 2.69. The molecule has 4 aromatic rings. The third-order valence-electron chi connectivity index (χ3n) is 6.21. The normalized spacial score (nSPS) is 12.1. The van der Waals surface area contributed by atoms with Gasteiger partial charge in [-0.3, -0.25) is 9.55 Å². The van der Waals surface area contributed by atoms with Gasteiger partial charge < -0.3 is 19.5 Å². The first-order chi connectivity index (χ1) is 18.8. The molecule has 39 heavy (non-hydrogen) atoms. The molecular weight excluding hydrogens is 512 g/mol. The first kappa shape index (κ1) is 25.9. The van der Waals surface area contributed by atoms with Gasteiger partial charge in [-0.1, -0.05) is 18.2 Å². The minimum absolute atomic E-state index is 0.00676. The number of fused-ring (bicyclic) bond motifs is 1. The quantitative estimate of drug-likeness (QED) is 0.346. The van der Waals surface area contributed by atoms with Crippen molar-refractivity contribution in [2.24, 2.45) is 0 Å². The summed E-state index contributed by atoms with van der Waals surface area (Å²) in [6.07, 6.45) is 1.72. The molecule has 3 heterocycles. The van der Waals surface area contributed by atoms with Crippen LogP contribution in [-0.4, -0.2) is 32.5 Å². The highest BCUT2D eigenvalue weighted by molar-refractivity contribution is 5.44. The zero-order valence-corrected chi connectivity index (χ0v) is 21.2. The molecule has 0 amide bonds. The molecule has 0 aliphatic carbocycles. The minimum atomic E-state index is -2.95. The highest BCUT2D eigenvalue weighted by Crippen LogP contribution is 2.32. The number of nitrogens with one attached hydrogen (secondary N) is 1. The number of halogens is 2. The molecule has 1 aliphatic rings. The van der Waals surface area contributed by atoms with Crippen LogP contribution in [-0.2, 0) is 19.6 Å². The smallest absolute Gasteiger partial charge is 0.387 e. The van der Waals surface area contributed by atoms with Gasteiger partial charge in [-0.05, 0) is 66.4 Å². The summed E-state index contributed by atoms with van der Waals surface area (Å²) in [6.45, 7) is 1.25. The Morgan fingerprint density at radius 1 is 0.974 bits per heavy atom. The number of aromatic nitrogens is 4. The Balaban J connectivity index is 1.49. The summed E-state index contributed by atoms with van der Waals surface area (Å²) >= 11 is 0. The summed E-state index contributed by atoms with van der Waals surface area (Å²) in [4.78, 5) is 35.1. The van der Waals surface area contributed by atoms with Crippen LogP contribution in [0.3, 0.4) is 0 Å². The van der Waals surface area contributed by atoms with Gasteiger partial charge in [0.2, 0.25) is 12.7 Å². The van der Waals surface area contributed by atoms with Gasteiger partial charge in [0.25, 0.3) is 0 Å². The number of benzene rings is 2. The summed E-state index contributed by atoms with van der Waals surface area (Å²) in [7, 11) is 0. The van der Waals surface area contributed by atoms with Crippen LogP contribution in [0.1, 0.15) is 27.9 Å². The van der Waals surface area contributed by atoms with Crippen molar-refractivity contribution in [1.29, 1.82) is 0 Å². The van der Waals surface area contributed by atoms with Crippen LogP contribution in [0.4, 0.5) is 14.7 Å². The molecule has 0 atom stereocenters. The van der Waals surface area contributed by atoms with Crippen LogP contribution in [0.15, 0.2) is 64.3 Å². The number of anilines is 1. The van der Waals surface area contributed by atoms with E-state index in [0.717, 1.165) is 21.4 Å². The van der Waals surface area contributed by atoms with E-state index in [4.69, 9.17) is 9.47 Å². The standard InChI is InChI=1S/C27H25F2N5O5/c1-16-9-17(2)30-11-20(16)12-31-25-32-26(35)34(14-19-5-8-22-23(10-19)38-15-37-22)27(36)33(25)13-18-3-6-21(7-4-18)39-24(28)29/h3-11,24H,12-15H2,1-2H3,(H,31,32,35). The van der Waals surface area contributed by atoms with Crippen molar-refractivity contribution in [2.75, 3.05) is 12.1 Å². The number of rotatable bonds is 9. The van der Waals surface area contributed by atoms with E-state index in [1.165, 1.54) is 16.7 Å². The minimum Gasteiger partial charge on any atom is -0.454 e. The van der Waals surface area contributed by atoms with E-state index in [9.17, 15) is 18.4 Å². The van der Waals surface area contributed by atoms with Gasteiger partial charge >= 0.3 is 18.0 Å². The van der Waals surface area contributed by atoms with Crippen molar-refractivity contribution < 1.29 is 23.0 Å². The number of pyridine rings is 1. The first-order valence-electron chi connectivity index (χ1n) is 12.1. The highest BCUT2D eigenvalue weighted by Gasteiger charge is 2.17. The average Bonchev–Trinajstić information content (AvgIpc) is 3.37. The molecule has 0 radical (unpaired) electrons. The fraction of sp³-hybridized carbons (Fsp3) is 0.259. The molecular formula is C27H25F2N5O5. The van der Waals surface area contributed by atoms with Crippen LogP contribution in [0.2, 0.25) is 0 Å². The topological polar surface area (TPSA) is 110 Å². The molecule has 0 saturated heterocycles. The van der Waals surface area contributed by atoms with Crippen molar-refractivity contribution in [1.82, 2.24) is 19.1 Å². The van der Waals surface area contributed by atoms with Crippen molar-refractivity contribution in [3.63, 3.8) is 0 Å². The fourth-order valence-electron chi connectivity index (χ4n) is 4.21. The molecule has 0 bridgehead atoms. The van der Waals surface area contributed by atoms with Crippen LogP contribution < -0.4 is 30.9 Å². The lowest BCUT2D eigenvalue weighted by molar-refractivity contribution is -0.0498. The van der Waals surface area contributed by atoms with E-state index in [2.05, 4.69) is 20.0 Å². The van der Waals surface area contributed by atoms with Crippen molar-refractivity contribution in [3.8, 4) is 17.2 Å². The SMILES string of the molecule is Cc1cc(C)c(CNc2nc(=O)n(Cc3ccc4c(c3)OCO4)c(=O)n2Cc2ccc(OC(F)F)cc2)cn1. The van der Waals surface area contributed by atoms with Gasteiger partial charge in [0.15, 0.2) is 11.5 Å². The van der Waals surface area contributed by atoms with Gasteiger partial charge in [-0.2, -0.15) is 13.8 Å². The Morgan fingerprint density at radius 2 is 1.69 bits per heavy atom. The maximum Gasteiger partial charge on any atom is 0.387 e. The monoisotopic (exact) mass is 537 g/mol. The number of hydrogen-bond donors (Lipinski definition) is 1. The summed E-state index contributed by atoms with van der Waals surface area (Å²) < 4.78 is 42.6. The Hall–Kier alpha value is -4.74. The lowest BCUT2D eigenvalue weighted by Crippen LogP contribution is -2.43. The summed E-state index contributed by atoms with van der Waals surface area (Å²) in [5, 5.41) is 3.09. The predicted octanol–water partition coefficient (Wildman–Crippen LogP) is 3.46. The number of hydrogen-bond acceptors (Lipinski definition) is 8. The van der Waals surface area contributed by atoms with E-state index < -0.39 is 18.0 Å². The highest BCUT2D eigenvalue weighted by atomic mass is 19.3. The van der Waals surface area contributed by atoms with E-state index in [0.29, 0.717) is 22.6 Å². The van der Waals surface area contributed by atoms with Crippen molar-refractivity contribution in [2.45, 2.75) is 40.1 Å². The third-order valence-corrected chi connectivity index (χ3v) is 6.21. The van der Waals surface area contributed by atoms with E-state index in [1.807, 2.05) is 19.9 Å². The molecule has 0 saturated carbocycles. The Morgan fingerprint density at radius 3 is 2.44 bits per heavy atom. The van der Waals surface area contributed by atoms with E-state index in [1.54, 1.807) is 36.5 Å². The molecule has 12 heteroatoms. The first-order valence-corrected chi connectivity index (χ1v) is 12.1. The van der Waals surface area contributed by atoms with Gasteiger partial charge in [0, 0.05) is 18.4 Å². The number of nitrogens with zero attached hydrogens (tertiary/aromatic N) is 4. The Kier molecular flexibility index (Phi) is 7.26. The Bertz CT molecular complexity index is 1620. The second kappa shape index (κ2) is 10.9. The number of alkyl halides is 2. The van der Waals surface area contributed by atoms with Crippen molar-refractivity contribution >= 4 is 5.95 Å². The van der Waals surface area contributed by atoms with Crippen LogP contribution in [0.5, 0.6) is 17.2 Å². The second-order valence-corrected chi connectivity index (χ2v) is 8.99. The number of ether oxygens (including phenoxy) is 3. The van der Waals surface area contributed by atoms with Crippen LogP contribution >= 0.6 is 0 Å². The molecule has 5 rings (SSSR count). The molecule has 10 nitrogen and oxygen atoms in total. The second-order valence-electron chi connectivity index (χ2n) is 8.99. The fourth-order valence-corrected chi connectivity index (χ4v) is 4.21. The summed E-state index contributed by atoms with van der Waals surface area (Å²) in [6, 6.07) is 13.0. The van der Waals surface area contributed by atoms with Gasteiger partial charge in [-0.25, -0.2) is 14.2 Å². The van der Waals surface area contributed by atoms with E-state index in [-0.39, 0.29) is 38.1 Å². The van der Waals surface area contributed by atoms with Crippen molar-refractivity contribution in [3.05, 3.63) is 104 Å². The Labute approximate surface area is 221 Å². The maximum atomic E-state index is 13.6. The molecule has 0 fully saturated rings.